The lowest BCUT2D eigenvalue weighted by molar-refractivity contribution is 0.0601. The van der Waals surface area contributed by atoms with Crippen LogP contribution in [-0.4, -0.2) is 23.0 Å². The monoisotopic (exact) mass is 376 g/mol. The third-order valence-electron chi connectivity index (χ3n) is 4.24. The number of hydrogen-bond donors (Lipinski definition) is 2. The van der Waals surface area contributed by atoms with Crippen LogP contribution in [0.15, 0.2) is 60.9 Å². The predicted molar refractivity (Wildman–Crippen MR) is 112 cm³/mol. The highest BCUT2D eigenvalue weighted by Gasteiger charge is 2.17. The summed E-state index contributed by atoms with van der Waals surface area (Å²) in [6, 6.07) is 17.0. The summed E-state index contributed by atoms with van der Waals surface area (Å²) in [5, 5.41) is 6.60. The van der Waals surface area contributed by atoms with E-state index in [0.29, 0.717) is 17.2 Å². The van der Waals surface area contributed by atoms with E-state index < -0.39 is 0 Å². The third-order valence-corrected chi connectivity index (χ3v) is 4.24. The highest BCUT2D eigenvalue weighted by atomic mass is 16.5. The number of anilines is 4. The SMILES string of the molecule is COC(=O)c1ccc(Nc2cc(Nc3ccccc3C(C)(C)C)ncn2)cc1. The predicted octanol–water partition coefficient (Wildman–Crippen LogP) is 5.05. The molecule has 0 saturated heterocycles. The normalized spacial score (nSPS) is 11.0. The van der Waals surface area contributed by atoms with E-state index in [2.05, 4.69) is 47.4 Å². The summed E-state index contributed by atoms with van der Waals surface area (Å²) in [4.78, 5) is 20.1. The van der Waals surface area contributed by atoms with E-state index in [9.17, 15) is 4.79 Å². The Hall–Kier alpha value is -3.41. The number of benzene rings is 2. The lowest BCUT2D eigenvalue weighted by Gasteiger charge is -2.23. The highest BCUT2D eigenvalue weighted by molar-refractivity contribution is 5.89. The molecule has 6 heteroatoms. The van der Waals surface area contributed by atoms with Crippen LogP contribution >= 0.6 is 0 Å². The van der Waals surface area contributed by atoms with Gasteiger partial charge in [0.05, 0.1) is 12.7 Å². The molecule has 0 spiro atoms. The Labute approximate surface area is 165 Å². The van der Waals surface area contributed by atoms with Gasteiger partial charge in [-0.05, 0) is 41.3 Å². The second-order valence-corrected chi connectivity index (χ2v) is 7.40. The fourth-order valence-corrected chi connectivity index (χ4v) is 2.83. The van der Waals surface area contributed by atoms with Gasteiger partial charge in [0.1, 0.15) is 18.0 Å². The van der Waals surface area contributed by atoms with Crippen LogP contribution in [0.25, 0.3) is 0 Å². The van der Waals surface area contributed by atoms with Crippen molar-refractivity contribution in [3.05, 3.63) is 72.1 Å². The standard InChI is InChI=1S/C22H24N4O2/c1-22(2,3)17-7-5-6-8-18(17)26-20-13-19(23-14-24-20)25-16-11-9-15(10-12-16)21(27)28-4/h5-14H,1-4H3,(H2,23,24,25,26). The van der Waals surface area contributed by atoms with E-state index in [1.54, 1.807) is 24.3 Å². The summed E-state index contributed by atoms with van der Waals surface area (Å²) in [5.41, 5.74) is 3.55. The number of carbonyl (C=O) groups excluding carboxylic acids is 1. The zero-order valence-electron chi connectivity index (χ0n) is 16.5. The van der Waals surface area contributed by atoms with Crippen molar-refractivity contribution in [3.8, 4) is 0 Å². The molecule has 0 radical (unpaired) electrons. The summed E-state index contributed by atoms with van der Waals surface area (Å²) in [7, 11) is 1.36. The topological polar surface area (TPSA) is 76.1 Å². The number of carbonyl (C=O) groups is 1. The minimum atomic E-state index is -0.363. The van der Waals surface area contributed by atoms with Gasteiger partial charge in [0, 0.05) is 17.4 Å². The van der Waals surface area contributed by atoms with Gasteiger partial charge >= 0.3 is 5.97 Å². The van der Waals surface area contributed by atoms with Crippen LogP contribution < -0.4 is 10.6 Å². The Kier molecular flexibility index (Phi) is 5.59. The quantitative estimate of drug-likeness (QED) is 0.607. The minimum absolute atomic E-state index is 0.0130. The first kappa shape index (κ1) is 19.4. The van der Waals surface area contributed by atoms with Gasteiger partial charge in [0.2, 0.25) is 0 Å². The van der Waals surface area contributed by atoms with Crippen molar-refractivity contribution in [2.45, 2.75) is 26.2 Å². The van der Waals surface area contributed by atoms with Gasteiger partial charge in [0.15, 0.2) is 0 Å². The molecule has 0 aliphatic heterocycles. The maximum Gasteiger partial charge on any atom is 0.337 e. The van der Waals surface area contributed by atoms with Crippen molar-refractivity contribution < 1.29 is 9.53 Å². The summed E-state index contributed by atoms with van der Waals surface area (Å²) >= 11 is 0. The molecule has 0 atom stereocenters. The van der Waals surface area contributed by atoms with Gasteiger partial charge in [-0.3, -0.25) is 0 Å². The number of hydrogen-bond acceptors (Lipinski definition) is 6. The summed E-state index contributed by atoms with van der Waals surface area (Å²) < 4.78 is 4.71. The molecule has 1 aromatic heterocycles. The van der Waals surface area contributed by atoms with Crippen molar-refractivity contribution in [2.24, 2.45) is 0 Å². The molecule has 0 unspecified atom stereocenters. The van der Waals surface area contributed by atoms with Gasteiger partial charge in [-0.15, -0.1) is 0 Å². The van der Waals surface area contributed by atoms with Crippen molar-refractivity contribution in [2.75, 3.05) is 17.7 Å². The fourth-order valence-electron chi connectivity index (χ4n) is 2.83. The van der Waals surface area contributed by atoms with E-state index in [1.807, 2.05) is 24.3 Å². The number of esters is 1. The molecular weight excluding hydrogens is 352 g/mol. The lowest BCUT2D eigenvalue weighted by atomic mass is 9.86. The Bertz CT molecular complexity index is 963. The van der Waals surface area contributed by atoms with Crippen LogP contribution in [0.1, 0.15) is 36.7 Å². The van der Waals surface area contributed by atoms with Crippen molar-refractivity contribution in [3.63, 3.8) is 0 Å². The zero-order valence-corrected chi connectivity index (χ0v) is 16.5. The molecule has 6 nitrogen and oxygen atoms in total. The largest absolute Gasteiger partial charge is 0.465 e. The molecule has 0 bridgehead atoms. The Balaban J connectivity index is 1.77. The van der Waals surface area contributed by atoms with Crippen LogP contribution in [0, 0.1) is 0 Å². The number of aromatic nitrogens is 2. The molecule has 1 heterocycles. The van der Waals surface area contributed by atoms with E-state index in [4.69, 9.17) is 4.74 Å². The number of rotatable bonds is 5. The number of nitrogens with one attached hydrogen (secondary N) is 2. The van der Waals surface area contributed by atoms with E-state index in [1.165, 1.54) is 19.0 Å². The summed E-state index contributed by atoms with van der Waals surface area (Å²) in [6.07, 6.45) is 1.51. The highest BCUT2D eigenvalue weighted by Crippen LogP contribution is 2.31. The first-order chi connectivity index (χ1) is 13.4. The molecule has 2 N–H and O–H groups in total. The molecule has 0 aliphatic carbocycles. The Morgan fingerprint density at radius 1 is 0.929 bits per heavy atom. The summed E-state index contributed by atoms with van der Waals surface area (Å²) in [5.74, 6) is 0.981. The maximum atomic E-state index is 11.5. The Morgan fingerprint density at radius 3 is 2.21 bits per heavy atom. The molecule has 144 valence electrons. The molecule has 0 saturated carbocycles. The molecule has 28 heavy (non-hydrogen) atoms. The summed E-state index contributed by atoms with van der Waals surface area (Å²) in [6.45, 7) is 6.54. The first-order valence-electron chi connectivity index (χ1n) is 9.01. The Morgan fingerprint density at radius 2 is 1.57 bits per heavy atom. The van der Waals surface area contributed by atoms with Crippen molar-refractivity contribution in [1.29, 1.82) is 0 Å². The third kappa shape index (κ3) is 4.65. The van der Waals surface area contributed by atoms with Crippen LogP contribution in [0.2, 0.25) is 0 Å². The van der Waals surface area contributed by atoms with E-state index in [-0.39, 0.29) is 11.4 Å². The number of methoxy groups -OCH3 is 1. The minimum Gasteiger partial charge on any atom is -0.465 e. The zero-order chi connectivity index (χ0) is 20.1. The second-order valence-electron chi connectivity index (χ2n) is 7.40. The molecule has 2 aromatic carbocycles. The van der Waals surface area contributed by atoms with Crippen molar-refractivity contribution >= 4 is 29.0 Å². The average molecular weight is 376 g/mol. The fraction of sp³-hybridized carbons (Fsp3) is 0.227. The van der Waals surface area contributed by atoms with Gasteiger partial charge in [-0.2, -0.15) is 0 Å². The lowest BCUT2D eigenvalue weighted by Crippen LogP contribution is -2.13. The molecule has 3 rings (SSSR count). The average Bonchev–Trinajstić information content (AvgIpc) is 2.68. The second kappa shape index (κ2) is 8.08. The number of ether oxygens (including phenoxy) is 1. The van der Waals surface area contributed by atoms with Crippen molar-refractivity contribution in [1.82, 2.24) is 9.97 Å². The first-order valence-corrected chi connectivity index (χ1v) is 9.01. The van der Waals surface area contributed by atoms with Gasteiger partial charge < -0.3 is 15.4 Å². The maximum absolute atomic E-state index is 11.5. The number of para-hydroxylation sites is 1. The van der Waals surface area contributed by atoms with Gasteiger partial charge in [-0.25, -0.2) is 14.8 Å². The van der Waals surface area contributed by atoms with Crippen LogP contribution in [0.5, 0.6) is 0 Å². The molecule has 0 fully saturated rings. The van der Waals surface area contributed by atoms with Gasteiger partial charge in [-0.1, -0.05) is 39.0 Å². The molecule has 0 amide bonds. The van der Waals surface area contributed by atoms with Crippen LogP contribution in [0.4, 0.5) is 23.0 Å². The van der Waals surface area contributed by atoms with Gasteiger partial charge in [0.25, 0.3) is 0 Å². The molecular formula is C22H24N4O2. The molecule has 3 aromatic rings. The van der Waals surface area contributed by atoms with E-state index in [0.717, 1.165) is 11.4 Å². The van der Waals surface area contributed by atoms with Crippen LogP contribution in [0.3, 0.4) is 0 Å². The number of nitrogens with zero attached hydrogens (tertiary/aromatic N) is 2. The molecule has 0 aliphatic rings. The van der Waals surface area contributed by atoms with Crippen LogP contribution in [-0.2, 0) is 10.2 Å². The smallest absolute Gasteiger partial charge is 0.337 e. The van der Waals surface area contributed by atoms with E-state index >= 15 is 0 Å².